The normalized spacial score (nSPS) is 19.9. The molecule has 1 aliphatic rings. The Balaban J connectivity index is 1.53. The SMILES string of the molecule is COCCOC1(C(N)=O)CCC(c2nc3c(-c4ccc(-c5ncc[nH]5)nc4)cnn3c(N)c2S(C)(=O)=O)CC1. The van der Waals surface area contributed by atoms with Gasteiger partial charge < -0.3 is 25.9 Å². The van der Waals surface area contributed by atoms with Crippen molar-refractivity contribution in [2.75, 3.05) is 32.3 Å². The number of imidazole rings is 1. The summed E-state index contributed by atoms with van der Waals surface area (Å²) in [6.45, 7) is 0.550. The number of H-pyrrole nitrogens is 1. The molecule has 0 saturated heterocycles. The Kier molecular flexibility index (Phi) is 7.09. The molecule has 14 heteroatoms. The number of nitrogens with zero attached hydrogens (tertiary/aromatic N) is 5. The van der Waals surface area contributed by atoms with Gasteiger partial charge in [0.25, 0.3) is 0 Å². The molecule has 4 aromatic heterocycles. The van der Waals surface area contributed by atoms with Crippen molar-refractivity contribution in [1.29, 1.82) is 0 Å². The summed E-state index contributed by atoms with van der Waals surface area (Å²) in [4.78, 5) is 28.8. The molecule has 0 aliphatic heterocycles. The van der Waals surface area contributed by atoms with Crippen molar-refractivity contribution in [2.24, 2.45) is 5.73 Å². The summed E-state index contributed by atoms with van der Waals surface area (Å²) in [7, 11) is -2.22. The van der Waals surface area contributed by atoms with Crippen molar-refractivity contribution in [2.45, 2.75) is 42.1 Å². The van der Waals surface area contributed by atoms with E-state index in [1.54, 1.807) is 31.9 Å². The van der Waals surface area contributed by atoms with Crippen LogP contribution < -0.4 is 11.5 Å². The number of carbonyl (C=O) groups excluding carboxylic acids is 1. The van der Waals surface area contributed by atoms with E-state index < -0.39 is 21.3 Å². The van der Waals surface area contributed by atoms with Gasteiger partial charge >= 0.3 is 0 Å². The number of methoxy groups -OCH3 is 1. The third-order valence-corrected chi connectivity index (χ3v) is 8.30. The van der Waals surface area contributed by atoms with E-state index in [9.17, 15) is 13.2 Å². The van der Waals surface area contributed by atoms with Crippen LogP contribution in [-0.2, 0) is 24.1 Å². The van der Waals surface area contributed by atoms with E-state index in [4.69, 9.17) is 25.9 Å². The second kappa shape index (κ2) is 10.4. The van der Waals surface area contributed by atoms with Crippen molar-refractivity contribution in [3.8, 4) is 22.6 Å². The van der Waals surface area contributed by atoms with Crippen LogP contribution in [0.25, 0.3) is 28.3 Å². The first-order chi connectivity index (χ1) is 18.6. The van der Waals surface area contributed by atoms with Gasteiger partial charge in [0.1, 0.15) is 22.0 Å². The molecule has 13 nitrogen and oxygen atoms in total. The van der Waals surface area contributed by atoms with E-state index in [0.29, 0.717) is 60.7 Å². The molecule has 0 unspecified atom stereocenters. The Labute approximate surface area is 224 Å². The van der Waals surface area contributed by atoms with Crippen molar-refractivity contribution < 1.29 is 22.7 Å². The first-order valence-corrected chi connectivity index (χ1v) is 14.3. The predicted octanol–water partition coefficient (Wildman–Crippen LogP) is 1.71. The quantitative estimate of drug-likeness (QED) is 0.256. The molecule has 5 N–H and O–H groups in total. The van der Waals surface area contributed by atoms with Crippen LogP contribution in [0.1, 0.15) is 37.3 Å². The molecule has 1 amide bonds. The summed E-state index contributed by atoms with van der Waals surface area (Å²) >= 11 is 0. The molecule has 1 aliphatic carbocycles. The molecule has 4 heterocycles. The van der Waals surface area contributed by atoms with Gasteiger partial charge in [-0.15, -0.1) is 0 Å². The van der Waals surface area contributed by atoms with E-state index in [2.05, 4.69) is 20.1 Å². The monoisotopic (exact) mass is 554 g/mol. The first kappa shape index (κ1) is 26.7. The van der Waals surface area contributed by atoms with Gasteiger partial charge in [-0.1, -0.05) is 6.07 Å². The number of sulfone groups is 1. The highest BCUT2D eigenvalue weighted by atomic mass is 32.2. The van der Waals surface area contributed by atoms with Gasteiger partial charge in [-0.3, -0.25) is 9.78 Å². The number of aromatic nitrogens is 6. The summed E-state index contributed by atoms with van der Waals surface area (Å²) in [5.74, 6) is -0.221. The average molecular weight is 555 g/mol. The maximum Gasteiger partial charge on any atom is 0.249 e. The molecule has 0 bridgehead atoms. The topological polar surface area (TPSA) is 193 Å². The fourth-order valence-corrected chi connectivity index (χ4v) is 6.18. The lowest BCUT2D eigenvalue weighted by Gasteiger charge is -2.37. The van der Waals surface area contributed by atoms with Gasteiger partial charge in [-0.25, -0.2) is 18.4 Å². The summed E-state index contributed by atoms with van der Waals surface area (Å²) < 4.78 is 38.0. The van der Waals surface area contributed by atoms with Gasteiger partial charge in [0.2, 0.25) is 5.91 Å². The van der Waals surface area contributed by atoms with E-state index in [1.807, 2.05) is 12.1 Å². The number of rotatable bonds is 9. The van der Waals surface area contributed by atoms with Crippen LogP contribution in [0.15, 0.2) is 41.8 Å². The largest absolute Gasteiger partial charge is 0.382 e. The molecule has 0 spiro atoms. The van der Waals surface area contributed by atoms with Crippen molar-refractivity contribution >= 4 is 27.2 Å². The molecule has 206 valence electrons. The number of primary amides is 1. The van der Waals surface area contributed by atoms with E-state index in [1.165, 1.54) is 4.52 Å². The Morgan fingerprint density at radius 2 is 1.97 bits per heavy atom. The predicted molar refractivity (Wildman–Crippen MR) is 142 cm³/mol. The lowest BCUT2D eigenvalue weighted by molar-refractivity contribution is -0.151. The molecule has 0 atom stereocenters. The van der Waals surface area contributed by atoms with Crippen LogP contribution in [0, 0.1) is 0 Å². The zero-order chi connectivity index (χ0) is 27.8. The molecule has 0 aromatic carbocycles. The van der Waals surface area contributed by atoms with E-state index in [-0.39, 0.29) is 23.2 Å². The number of aromatic amines is 1. The number of amides is 1. The first-order valence-electron chi connectivity index (χ1n) is 12.4. The van der Waals surface area contributed by atoms with Gasteiger partial charge in [0, 0.05) is 49.0 Å². The zero-order valence-corrected chi connectivity index (χ0v) is 22.4. The number of ether oxygens (including phenoxy) is 2. The highest BCUT2D eigenvalue weighted by molar-refractivity contribution is 7.91. The summed E-state index contributed by atoms with van der Waals surface area (Å²) in [5.41, 5.74) is 13.8. The molecular formula is C25H30N8O5S. The minimum Gasteiger partial charge on any atom is -0.382 e. The second-order valence-corrected chi connectivity index (χ2v) is 11.6. The van der Waals surface area contributed by atoms with Gasteiger partial charge in [0.05, 0.1) is 25.1 Å². The van der Waals surface area contributed by atoms with Crippen LogP contribution in [-0.4, -0.2) is 76.1 Å². The van der Waals surface area contributed by atoms with Crippen molar-refractivity contribution in [3.63, 3.8) is 0 Å². The third-order valence-electron chi connectivity index (χ3n) is 7.14. The lowest BCUT2D eigenvalue weighted by Crippen LogP contribution is -2.49. The number of nitrogens with one attached hydrogen (secondary N) is 1. The Morgan fingerprint density at radius 3 is 2.56 bits per heavy atom. The lowest BCUT2D eigenvalue weighted by atomic mass is 9.77. The number of nitrogen functional groups attached to an aromatic ring is 1. The van der Waals surface area contributed by atoms with E-state index >= 15 is 0 Å². The van der Waals surface area contributed by atoms with Gasteiger partial charge in [0.15, 0.2) is 21.3 Å². The number of pyridine rings is 1. The maximum atomic E-state index is 12.9. The fourth-order valence-electron chi connectivity index (χ4n) is 5.12. The highest BCUT2D eigenvalue weighted by Crippen LogP contribution is 2.43. The molecule has 0 radical (unpaired) electrons. The summed E-state index contributed by atoms with van der Waals surface area (Å²) in [6, 6.07) is 3.68. The number of anilines is 1. The number of nitrogens with two attached hydrogens (primary N) is 2. The molecule has 39 heavy (non-hydrogen) atoms. The van der Waals surface area contributed by atoms with Gasteiger partial charge in [-0.2, -0.15) is 9.61 Å². The minimum atomic E-state index is -3.76. The molecule has 4 aromatic rings. The second-order valence-electron chi connectivity index (χ2n) is 9.62. The summed E-state index contributed by atoms with van der Waals surface area (Å²) in [5, 5.41) is 4.34. The van der Waals surface area contributed by atoms with Crippen LogP contribution >= 0.6 is 0 Å². The Bertz CT molecular complexity index is 1590. The number of carbonyl (C=O) groups is 1. The zero-order valence-electron chi connectivity index (χ0n) is 21.6. The van der Waals surface area contributed by atoms with Crippen LogP contribution in [0.5, 0.6) is 0 Å². The van der Waals surface area contributed by atoms with Crippen molar-refractivity contribution in [3.05, 3.63) is 42.6 Å². The highest BCUT2D eigenvalue weighted by Gasteiger charge is 2.43. The Morgan fingerprint density at radius 1 is 1.21 bits per heavy atom. The number of fused-ring (bicyclic) bond motifs is 1. The standard InChI is InChI=1S/C25H30N8O5S/c1-37-11-12-38-25(24(27)34)7-5-15(6-8-25)19-20(39(2,35)36)21(26)33-23(32-19)17(14-31-33)16-3-4-18(30-13-16)22-28-9-10-29-22/h3-4,9-10,13-15H,5-8,11-12,26H2,1-2H3,(H2,27,34)(H,28,29). The van der Waals surface area contributed by atoms with Crippen molar-refractivity contribution in [1.82, 2.24) is 29.5 Å². The number of hydrogen-bond acceptors (Lipinski definition) is 10. The summed E-state index contributed by atoms with van der Waals surface area (Å²) in [6.07, 6.45) is 9.23. The molecule has 1 saturated carbocycles. The van der Waals surface area contributed by atoms with Gasteiger partial charge in [-0.05, 0) is 31.7 Å². The molecule has 1 fully saturated rings. The maximum absolute atomic E-state index is 12.9. The average Bonchev–Trinajstić information content (AvgIpc) is 3.59. The Hall–Kier alpha value is -3.88. The van der Waals surface area contributed by atoms with Crippen LogP contribution in [0.4, 0.5) is 5.82 Å². The third kappa shape index (κ3) is 4.97. The van der Waals surface area contributed by atoms with Crippen LogP contribution in [0.3, 0.4) is 0 Å². The minimum absolute atomic E-state index is 0.0213. The van der Waals surface area contributed by atoms with Crippen LogP contribution in [0.2, 0.25) is 0 Å². The van der Waals surface area contributed by atoms with E-state index in [0.717, 1.165) is 11.8 Å². The number of hydrogen-bond donors (Lipinski definition) is 3. The fraction of sp³-hybridized carbons (Fsp3) is 0.400. The smallest absolute Gasteiger partial charge is 0.249 e. The molecule has 5 rings (SSSR count). The molecular weight excluding hydrogens is 524 g/mol.